The highest BCUT2D eigenvalue weighted by molar-refractivity contribution is 5.37. The summed E-state index contributed by atoms with van der Waals surface area (Å²) in [6.07, 6.45) is 2.74. The second-order valence-electron chi connectivity index (χ2n) is 5.98. The quantitative estimate of drug-likeness (QED) is 0.883. The summed E-state index contributed by atoms with van der Waals surface area (Å²) in [4.78, 5) is 2.39. The van der Waals surface area contributed by atoms with Gasteiger partial charge < -0.3 is 15.6 Å². The first-order valence-corrected chi connectivity index (χ1v) is 7.35. The molecule has 112 valence electrons. The van der Waals surface area contributed by atoms with Gasteiger partial charge in [0.25, 0.3) is 0 Å². The molecule has 1 fully saturated rings. The first-order chi connectivity index (χ1) is 9.54. The summed E-state index contributed by atoms with van der Waals surface area (Å²) in [5.41, 5.74) is 7.51. The van der Waals surface area contributed by atoms with Gasteiger partial charge >= 0.3 is 0 Å². The minimum Gasteiger partial charge on any atom is -0.496 e. The van der Waals surface area contributed by atoms with Crippen molar-refractivity contribution in [3.05, 3.63) is 29.3 Å². The van der Waals surface area contributed by atoms with Crippen molar-refractivity contribution in [1.82, 2.24) is 4.90 Å². The van der Waals surface area contributed by atoms with Gasteiger partial charge in [0.1, 0.15) is 5.75 Å². The Bertz CT molecular complexity index is 446. The normalized spacial score (nSPS) is 24.4. The van der Waals surface area contributed by atoms with Gasteiger partial charge in [-0.2, -0.15) is 0 Å². The first kappa shape index (κ1) is 15.3. The van der Waals surface area contributed by atoms with Gasteiger partial charge in [0.15, 0.2) is 0 Å². The lowest BCUT2D eigenvalue weighted by Gasteiger charge is -2.23. The summed E-state index contributed by atoms with van der Waals surface area (Å²) in [6, 6.07) is 6.13. The fourth-order valence-corrected chi connectivity index (χ4v) is 2.80. The maximum absolute atomic E-state index is 10.2. The third kappa shape index (κ3) is 3.95. The highest BCUT2D eigenvalue weighted by Gasteiger charge is 2.25. The molecule has 1 aromatic carbocycles. The molecular formula is C16H26N2O2. The molecule has 2 rings (SSSR count). The smallest absolute Gasteiger partial charge is 0.123 e. The zero-order valence-corrected chi connectivity index (χ0v) is 12.6. The van der Waals surface area contributed by atoms with Crippen LogP contribution in [0.5, 0.6) is 5.75 Å². The van der Waals surface area contributed by atoms with Crippen LogP contribution in [0.3, 0.4) is 0 Å². The molecule has 1 aliphatic rings. The van der Waals surface area contributed by atoms with E-state index in [1.807, 2.05) is 19.1 Å². The number of aliphatic hydroxyl groups is 1. The minimum absolute atomic E-state index is 0.516. The number of likely N-dealkylation sites (tertiary alicyclic amines) is 1. The molecule has 0 aromatic heterocycles. The van der Waals surface area contributed by atoms with E-state index in [9.17, 15) is 5.11 Å². The average molecular weight is 278 g/mol. The molecule has 3 N–H and O–H groups in total. The van der Waals surface area contributed by atoms with Crippen molar-refractivity contribution in [1.29, 1.82) is 0 Å². The molecule has 0 radical (unpaired) electrons. The van der Waals surface area contributed by atoms with Gasteiger partial charge in [-0.3, -0.25) is 4.90 Å². The summed E-state index contributed by atoms with van der Waals surface area (Å²) in [5.74, 6) is 0.915. The second-order valence-corrected chi connectivity index (χ2v) is 5.98. The number of nitrogens with two attached hydrogens (primary N) is 1. The van der Waals surface area contributed by atoms with E-state index in [4.69, 9.17) is 10.5 Å². The van der Waals surface area contributed by atoms with Crippen molar-refractivity contribution in [3.63, 3.8) is 0 Å². The maximum Gasteiger partial charge on any atom is 0.123 e. The van der Waals surface area contributed by atoms with Crippen LogP contribution >= 0.6 is 0 Å². The lowest BCUT2D eigenvalue weighted by molar-refractivity contribution is 0.0444. The Morgan fingerprint density at radius 1 is 1.35 bits per heavy atom. The third-order valence-corrected chi connectivity index (χ3v) is 4.13. The van der Waals surface area contributed by atoms with Crippen LogP contribution in [0.1, 0.15) is 37.3 Å². The average Bonchev–Trinajstić information content (AvgIpc) is 2.60. The Balaban J connectivity index is 2.08. The Labute approximate surface area is 121 Å². The predicted molar refractivity (Wildman–Crippen MR) is 80.6 cm³/mol. The standard InChI is InChI=1S/C16H26N2O2/c1-16(19)6-3-8-18(9-7-16)12-14-10-13(11-17)4-5-15(14)20-2/h4-5,10,19H,3,6-9,11-12,17H2,1-2H3. The molecule has 1 unspecified atom stereocenters. The maximum atomic E-state index is 10.2. The number of hydrogen-bond donors (Lipinski definition) is 2. The van der Waals surface area contributed by atoms with Crippen LogP contribution in [0.15, 0.2) is 18.2 Å². The fourth-order valence-electron chi connectivity index (χ4n) is 2.80. The molecule has 1 saturated heterocycles. The third-order valence-electron chi connectivity index (χ3n) is 4.13. The number of hydrogen-bond acceptors (Lipinski definition) is 4. The second kappa shape index (κ2) is 6.57. The number of methoxy groups -OCH3 is 1. The molecule has 1 heterocycles. The van der Waals surface area contributed by atoms with E-state index in [2.05, 4.69) is 11.0 Å². The summed E-state index contributed by atoms with van der Waals surface area (Å²) in [7, 11) is 1.70. The van der Waals surface area contributed by atoms with Crippen LogP contribution in [0, 0.1) is 0 Å². The van der Waals surface area contributed by atoms with Crippen molar-refractivity contribution >= 4 is 0 Å². The van der Waals surface area contributed by atoms with Gasteiger partial charge in [-0.05, 0) is 50.4 Å². The fraction of sp³-hybridized carbons (Fsp3) is 0.625. The van der Waals surface area contributed by atoms with Crippen LogP contribution in [0.25, 0.3) is 0 Å². The summed E-state index contributed by atoms with van der Waals surface area (Å²) in [6.45, 7) is 5.28. The molecule has 1 atom stereocenters. The Morgan fingerprint density at radius 3 is 2.85 bits per heavy atom. The summed E-state index contributed by atoms with van der Waals surface area (Å²) < 4.78 is 5.44. The van der Waals surface area contributed by atoms with Crippen molar-refractivity contribution in [2.45, 2.75) is 44.9 Å². The number of benzene rings is 1. The van der Waals surface area contributed by atoms with Gasteiger partial charge in [0.2, 0.25) is 0 Å². The first-order valence-electron chi connectivity index (χ1n) is 7.35. The molecule has 0 amide bonds. The van der Waals surface area contributed by atoms with E-state index >= 15 is 0 Å². The lowest BCUT2D eigenvalue weighted by atomic mass is 9.98. The number of ether oxygens (including phenoxy) is 1. The molecule has 4 heteroatoms. The van der Waals surface area contributed by atoms with E-state index in [-0.39, 0.29) is 0 Å². The van der Waals surface area contributed by atoms with Gasteiger partial charge in [0.05, 0.1) is 12.7 Å². The molecule has 0 spiro atoms. The molecule has 4 nitrogen and oxygen atoms in total. The zero-order valence-electron chi connectivity index (χ0n) is 12.6. The van der Waals surface area contributed by atoms with Crippen molar-refractivity contribution in [2.75, 3.05) is 20.2 Å². The summed E-state index contributed by atoms with van der Waals surface area (Å²) >= 11 is 0. The predicted octanol–water partition coefficient (Wildman–Crippen LogP) is 1.89. The van der Waals surface area contributed by atoms with E-state index < -0.39 is 5.60 Å². The number of rotatable bonds is 4. The van der Waals surface area contributed by atoms with Crippen molar-refractivity contribution < 1.29 is 9.84 Å². The largest absolute Gasteiger partial charge is 0.496 e. The SMILES string of the molecule is COc1ccc(CN)cc1CN1CCCC(C)(O)CC1. The molecular weight excluding hydrogens is 252 g/mol. The zero-order chi connectivity index (χ0) is 14.6. The van der Waals surface area contributed by atoms with Crippen molar-refractivity contribution in [2.24, 2.45) is 5.73 Å². The Kier molecular flexibility index (Phi) is 5.02. The van der Waals surface area contributed by atoms with Crippen molar-refractivity contribution in [3.8, 4) is 5.75 Å². The topological polar surface area (TPSA) is 58.7 Å². The van der Waals surface area contributed by atoms with Gasteiger partial charge in [-0.15, -0.1) is 0 Å². The van der Waals surface area contributed by atoms with Crippen LogP contribution in [-0.4, -0.2) is 35.8 Å². The molecule has 0 bridgehead atoms. The van der Waals surface area contributed by atoms with Crippen LogP contribution in [-0.2, 0) is 13.1 Å². The van der Waals surface area contributed by atoms with Gasteiger partial charge in [0, 0.05) is 25.2 Å². The van der Waals surface area contributed by atoms with E-state index in [1.165, 1.54) is 5.56 Å². The Morgan fingerprint density at radius 2 is 2.15 bits per heavy atom. The van der Waals surface area contributed by atoms with Crippen LogP contribution < -0.4 is 10.5 Å². The highest BCUT2D eigenvalue weighted by Crippen LogP contribution is 2.25. The van der Waals surface area contributed by atoms with Gasteiger partial charge in [-0.1, -0.05) is 6.07 Å². The molecule has 1 aliphatic heterocycles. The molecule has 20 heavy (non-hydrogen) atoms. The molecule has 1 aromatic rings. The molecule has 0 saturated carbocycles. The number of nitrogens with zero attached hydrogens (tertiary/aromatic N) is 1. The Hall–Kier alpha value is -1.10. The van der Waals surface area contributed by atoms with E-state index in [0.717, 1.165) is 50.2 Å². The van der Waals surface area contributed by atoms with Crippen LogP contribution in [0.2, 0.25) is 0 Å². The van der Waals surface area contributed by atoms with Gasteiger partial charge in [-0.25, -0.2) is 0 Å². The van der Waals surface area contributed by atoms with Crippen LogP contribution in [0.4, 0.5) is 0 Å². The summed E-state index contributed by atoms with van der Waals surface area (Å²) in [5, 5.41) is 10.2. The highest BCUT2D eigenvalue weighted by atomic mass is 16.5. The minimum atomic E-state index is -0.516. The molecule has 0 aliphatic carbocycles. The van der Waals surface area contributed by atoms with E-state index in [1.54, 1.807) is 7.11 Å². The monoisotopic (exact) mass is 278 g/mol. The lowest BCUT2D eigenvalue weighted by Crippen LogP contribution is -2.28. The van der Waals surface area contributed by atoms with E-state index in [0.29, 0.717) is 6.54 Å².